The van der Waals surface area contributed by atoms with Gasteiger partial charge in [-0.1, -0.05) is 31.2 Å². The van der Waals surface area contributed by atoms with Crippen molar-refractivity contribution < 1.29 is 14.3 Å². The molecule has 2 aromatic rings. The lowest BCUT2D eigenvalue weighted by Gasteiger charge is -2.11. The van der Waals surface area contributed by atoms with Crippen molar-refractivity contribution in [3.63, 3.8) is 0 Å². The number of hydrogen-bond donors (Lipinski definition) is 2. The molecule has 0 unspecified atom stereocenters. The molecule has 120 valence electrons. The lowest BCUT2D eigenvalue weighted by Crippen LogP contribution is -2.18. The smallest absolute Gasteiger partial charge is 0.231 e. The van der Waals surface area contributed by atoms with E-state index in [4.69, 9.17) is 9.47 Å². The maximum Gasteiger partial charge on any atom is 0.231 e. The number of fused-ring (bicyclic) bond motifs is 1. The van der Waals surface area contributed by atoms with E-state index in [9.17, 15) is 4.79 Å². The molecule has 0 aromatic heterocycles. The predicted molar refractivity (Wildman–Crippen MR) is 88.7 cm³/mol. The van der Waals surface area contributed by atoms with Crippen LogP contribution in [0.1, 0.15) is 18.1 Å². The van der Waals surface area contributed by atoms with E-state index >= 15 is 0 Å². The number of nitrogens with one attached hydrogen (secondary N) is 2. The van der Waals surface area contributed by atoms with Crippen LogP contribution < -0.4 is 20.1 Å². The molecule has 0 aliphatic carbocycles. The molecule has 0 saturated heterocycles. The lowest BCUT2D eigenvalue weighted by atomic mass is 10.1. The van der Waals surface area contributed by atoms with Crippen LogP contribution in [0, 0.1) is 0 Å². The molecule has 0 fully saturated rings. The second-order valence-electron chi connectivity index (χ2n) is 5.35. The average Bonchev–Trinajstić information content (AvgIpc) is 3.01. The fraction of sp³-hybridized carbons (Fsp3) is 0.278. The van der Waals surface area contributed by atoms with Crippen molar-refractivity contribution in [1.29, 1.82) is 0 Å². The number of carbonyl (C=O) groups excluding carboxylic acids is 1. The van der Waals surface area contributed by atoms with Gasteiger partial charge in [-0.3, -0.25) is 4.79 Å². The number of anilines is 1. The van der Waals surface area contributed by atoms with Crippen LogP contribution in [0.2, 0.25) is 0 Å². The van der Waals surface area contributed by atoms with E-state index in [0.717, 1.165) is 35.7 Å². The van der Waals surface area contributed by atoms with E-state index in [1.165, 1.54) is 0 Å². The zero-order chi connectivity index (χ0) is 16.1. The molecule has 5 nitrogen and oxygen atoms in total. The lowest BCUT2D eigenvalue weighted by molar-refractivity contribution is -0.115. The van der Waals surface area contributed by atoms with E-state index in [0.29, 0.717) is 12.2 Å². The maximum absolute atomic E-state index is 12.3. The van der Waals surface area contributed by atoms with Crippen LogP contribution in [0.25, 0.3) is 0 Å². The molecule has 1 aliphatic heterocycles. The molecule has 1 heterocycles. The SMILES string of the molecule is CCNCc1ccccc1NC(=O)Cc1ccc2c(c1)OCO2. The van der Waals surface area contributed by atoms with Crippen LogP contribution >= 0.6 is 0 Å². The van der Waals surface area contributed by atoms with Gasteiger partial charge in [0.1, 0.15) is 0 Å². The number of amides is 1. The molecule has 2 N–H and O–H groups in total. The van der Waals surface area contributed by atoms with Crippen molar-refractivity contribution in [2.45, 2.75) is 19.9 Å². The molecule has 0 saturated carbocycles. The van der Waals surface area contributed by atoms with Gasteiger partial charge in [0.25, 0.3) is 0 Å². The number of carbonyl (C=O) groups is 1. The first-order valence-corrected chi connectivity index (χ1v) is 7.73. The third kappa shape index (κ3) is 3.81. The Morgan fingerprint density at radius 1 is 1.13 bits per heavy atom. The molecule has 23 heavy (non-hydrogen) atoms. The van der Waals surface area contributed by atoms with Gasteiger partial charge >= 0.3 is 0 Å². The second-order valence-corrected chi connectivity index (χ2v) is 5.35. The van der Waals surface area contributed by atoms with E-state index in [1.807, 2.05) is 42.5 Å². The summed E-state index contributed by atoms with van der Waals surface area (Å²) in [6.45, 7) is 3.92. The van der Waals surface area contributed by atoms with Gasteiger partial charge in [0.15, 0.2) is 11.5 Å². The summed E-state index contributed by atoms with van der Waals surface area (Å²) in [7, 11) is 0. The van der Waals surface area contributed by atoms with Crippen LogP contribution in [-0.2, 0) is 17.8 Å². The summed E-state index contributed by atoms with van der Waals surface area (Å²) >= 11 is 0. The highest BCUT2D eigenvalue weighted by atomic mass is 16.7. The minimum absolute atomic E-state index is 0.0483. The topological polar surface area (TPSA) is 59.6 Å². The number of hydrogen-bond acceptors (Lipinski definition) is 4. The fourth-order valence-corrected chi connectivity index (χ4v) is 2.49. The first-order chi connectivity index (χ1) is 11.3. The van der Waals surface area contributed by atoms with Gasteiger partial charge in [0.05, 0.1) is 6.42 Å². The number of para-hydroxylation sites is 1. The van der Waals surface area contributed by atoms with Gasteiger partial charge in [-0.05, 0) is 35.9 Å². The van der Waals surface area contributed by atoms with Crippen molar-refractivity contribution in [2.75, 3.05) is 18.7 Å². The van der Waals surface area contributed by atoms with Gasteiger partial charge in [-0.2, -0.15) is 0 Å². The highest BCUT2D eigenvalue weighted by Gasteiger charge is 2.15. The van der Waals surface area contributed by atoms with Crippen molar-refractivity contribution in [1.82, 2.24) is 5.32 Å². The molecule has 0 atom stereocenters. The quantitative estimate of drug-likeness (QED) is 0.861. The van der Waals surface area contributed by atoms with Gasteiger partial charge in [0, 0.05) is 12.2 Å². The second kappa shape index (κ2) is 7.15. The Kier molecular flexibility index (Phi) is 4.78. The summed E-state index contributed by atoms with van der Waals surface area (Å²) < 4.78 is 10.6. The summed E-state index contributed by atoms with van der Waals surface area (Å²) in [5.41, 5.74) is 2.82. The summed E-state index contributed by atoms with van der Waals surface area (Å²) in [6.07, 6.45) is 0.298. The highest BCUT2D eigenvalue weighted by Crippen LogP contribution is 2.32. The molecule has 5 heteroatoms. The van der Waals surface area contributed by atoms with Crippen LogP contribution in [0.5, 0.6) is 11.5 Å². The van der Waals surface area contributed by atoms with Crippen molar-refractivity contribution in [3.05, 3.63) is 53.6 Å². The Morgan fingerprint density at radius 2 is 1.96 bits per heavy atom. The van der Waals surface area contributed by atoms with Crippen LogP contribution in [-0.4, -0.2) is 19.2 Å². The standard InChI is InChI=1S/C18H20N2O3/c1-2-19-11-14-5-3-4-6-15(14)20-18(21)10-13-7-8-16-17(9-13)23-12-22-16/h3-9,19H,2,10-12H2,1H3,(H,20,21). The Hall–Kier alpha value is -2.53. The van der Waals surface area contributed by atoms with Crippen LogP contribution in [0.3, 0.4) is 0 Å². The summed E-state index contributed by atoms with van der Waals surface area (Å²) in [6, 6.07) is 13.4. The molecule has 1 amide bonds. The Balaban J connectivity index is 1.65. The highest BCUT2D eigenvalue weighted by molar-refractivity contribution is 5.93. The first kappa shape index (κ1) is 15.4. The van der Waals surface area contributed by atoms with E-state index in [-0.39, 0.29) is 12.7 Å². The number of rotatable bonds is 6. The summed E-state index contributed by atoms with van der Waals surface area (Å²) in [4.78, 5) is 12.3. The molecular weight excluding hydrogens is 292 g/mol. The summed E-state index contributed by atoms with van der Waals surface area (Å²) in [5, 5.41) is 6.26. The fourth-order valence-electron chi connectivity index (χ4n) is 2.49. The molecule has 2 aromatic carbocycles. The maximum atomic E-state index is 12.3. The number of ether oxygens (including phenoxy) is 2. The third-order valence-electron chi connectivity index (χ3n) is 3.66. The Labute approximate surface area is 135 Å². The molecule has 3 rings (SSSR count). The molecule has 1 aliphatic rings. The first-order valence-electron chi connectivity index (χ1n) is 7.73. The molecular formula is C18H20N2O3. The van der Waals surface area contributed by atoms with E-state index in [2.05, 4.69) is 17.6 Å². The summed E-state index contributed by atoms with van der Waals surface area (Å²) in [5.74, 6) is 1.38. The van der Waals surface area contributed by atoms with Crippen LogP contribution in [0.15, 0.2) is 42.5 Å². The van der Waals surface area contributed by atoms with E-state index < -0.39 is 0 Å². The third-order valence-corrected chi connectivity index (χ3v) is 3.66. The number of benzene rings is 2. The van der Waals surface area contributed by atoms with Crippen molar-refractivity contribution >= 4 is 11.6 Å². The average molecular weight is 312 g/mol. The minimum Gasteiger partial charge on any atom is -0.454 e. The van der Waals surface area contributed by atoms with Gasteiger partial charge in [-0.15, -0.1) is 0 Å². The molecule has 0 bridgehead atoms. The normalized spacial score (nSPS) is 12.2. The predicted octanol–water partition coefficient (Wildman–Crippen LogP) is 2.71. The zero-order valence-electron chi connectivity index (χ0n) is 13.1. The monoisotopic (exact) mass is 312 g/mol. The van der Waals surface area contributed by atoms with Gasteiger partial charge < -0.3 is 20.1 Å². The van der Waals surface area contributed by atoms with Crippen molar-refractivity contribution in [2.24, 2.45) is 0 Å². The molecule has 0 radical (unpaired) electrons. The van der Waals surface area contributed by atoms with Gasteiger partial charge in [-0.25, -0.2) is 0 Å². The zero-order valence-corrected chi connectivity index (χ0v) is 13.1. The largest absolute Gasteiger partial charge is 0.454 e. The Bertz CT molecular complexity index is 700. The van der Waals surface area contributed by atoms with Gasteiger partial charge in [0.2, 0.25) is 12.7 Å². The minimum atomic E-state index is -0.0483. The Morgan fingerprint density at radius 3 is 2.83 bits per heavy atom. The molecule has 0 spiro atoms. The van der Waals surface area contributed by atoms with Crippen LogP contribution in [0.4, 0.5) is 5.69 Å². The van der Waals surface area contributed by atoms with E-state index in [1.54, 1.807) is 0 Å². The van der Waals surface area contributed by atoms with Crippen molar-refractivity contribution in [3.8, 4) is 11.5 Å².